The van der Waals surface area contributed by atoms with Crippen molar-refractivity contribution in [1.29, 1.82) is 5.41 Å². The molecule has 1 aliphatic heterocycles. The fourth-order valence-corrected chi connectivity index (χ4v) is 9.54. The summed E-state index contributed by atoms with van der Waals surface area (Å²) in [5.41, 5.74) is 5.93. The van der Waals surface area contributed by atoms with Gasteiger partial charge in [-0.15, -0.1) is 0 Å². The summed E-state index contributed by atoms with van der Waals surface area (Å²) in [4.78, 5) is 28.3. The fourth-order valence-electron chi connectivity index (χ4n) is 9.54. The first-order chi connectivity index (χ1) is 27.7. The second kappa shape index (κ2) is 17.2. The summed E-state index contributed by atoms with van der Waals surface area (Å²) in [6.45, 7) is 13.6. The van der Waals surface area contributed by atoms with Gasteiger partial charge in [0, 0.05) is 60.8 Å². The number of aromatic nitrogens is 3. The Morgan fingerprint density at radius 1 is 0.948 bits per heavy atom. The minimum Gasteiger partial charge on any atom is -0.383 e. The molecule has 312 valence electrons. The zero-order valence-corrected chi connectivity index (χ0v) is 34.9. The number of piperidine rings is 1. The average molecular weight is 801 g/mol. The molecule has 1 saturated heterocycles. The van der Waals surface area contributed by atoms with E-state index in [0.29, 0.717) is 57.9 Å². The van der Waals surface area contributed by atoms with Gasteiger partial charge in [0.1, 0.15) is 22.8 Å². The molecule has 3 aliphatic rings. The Labute approximate surface area is 340 Å². The smallest absolute Gasteiger partial charge is 0.269 e. The van der Waals surface area contributed by atoms with Gasteiger partial charge in [-0.1, -0.05) is 46.6 Å². The number of alkyl halides is 2. The van der Waals surface area contributed by atoms with Crippen LogP contribution < -0.4 is 10.9 Å². The number of anilines is 1. The molecule has 11 heteroatoms. The van der Waals surface area contributed by atoms with E-state index in [0.717, 1.165) is 61.7 Å². The maximum atomic E-state index is 15.5. The van der Waals surface area contributed by atoms with Gasteiger partial charge in [-0.05, 0) is 130 Å². The van der Waals surface area contributed by atoms with E-state index in [9.17, 15) is 17.6 Å². The first-order valence-electron chi connectivity index (χ1n) is 21.7. The van der Waals surface area contributed by atoms with Gasteiger partial charge in [-0.2, -0.15) is 0 Å². The molecule has 7 nitrogen and oxygen atoms in total. The summed E-state index contributed by atoms with van der Waals surface area (Å²) in [7, 11) is 0. The molecule has 4 aromatic rings. The highest BCUT2D eigenvalue weighted by Crippen LogP contribution is 2.53. The number of pyridine rings is 1. The molecule has 1 spiro atoms. The van der Waals surface area contributed by atoms with Crippen molar-refractivity contribution in [3.8, 4) is 5.69 Å². The summed E-state index contributed by atoms with van der Waals surface area (Å²) in [6.07, 6.45) is 8.47. The van der Waals surface area contributed by atoms with Crippen molar-refractivity contribution < 1.29 is 17.6 Å². The number of benzene rings is 2. The summed E-state index contributed by atoms with van der Waals surface area (Å²) >= 11 is 0. The van der Waals surface area contributed by atoms with Crippen molar-refractivity contribution in [2.45, 2.75) is 136 Å². The van der Waals surface area contributed by atoms with Gasteiger partial charge >= 0.3 is 0 Å². The summed E-state index contributed by atoms with van der Waals surface area (Å²) in [6, 6.07) is 9.33. The molecule has 2 aliphatic carbocycles. The van der Waals surface area contributed by atoms with E-state index >= 15 is 4.79 Å². The minimum atomic E-state index is -2.71. The maximum Gasteiger partial charge on any atom is 0.269 e. The van der Waals surface area contributed by atoms with Crippen molar-refractivity contribution in [3.63, 3.8) is 0 Å². The molecule has 1 atom stereocenters. The lowest BCUT2D eigenvalue weighted by Crippen LogP contribution is -2.37. The van der Waals surface area contributed by atoms with Crippen LogP contribution in [-0.2, 0) is 12.8 Å². The third kappa shape index (κ3) is 9.04. The Morgan fingerprint density at radius 3 is 2.26 bits per heavy atom. The number of halogens is 4. The molecule has 2 aromatic carbocycles. The standard InChI is InChI=1S/C47H60F4N6O/c1-6-8-33-10-11-40(30(5)41(33)37(52)9-7-2)57-44(36(29(3)4)26-31-24-34(48)27-35(49)25-31)55-43-42(45(57)58)39(28-38(54-43)32-12-14-47(50,51)15-13-32)53-20-23-56-21-18-46(16-17-46)19-22-56/h10-11,24-25,27-29,32,36,52H,6-9,12-23,26H2,1-5H3,(H,53,54). The van der Waals surface area contributed by atoms with E-state index in [4.69, 9.17) is 15.4 Å². The molecule has 0 bridgehead atoms. The van der Waals surface area contributed by atoms with Gasteiger partial charge < -0.3 is 15.6 Å². The molecule has 58 heavy (non-hydrogen) atoms. The van der Waals surface area contributed by atoms with Crippen LogP contribution in [-0.4, -0.2) is 57.2 Å². The molecule has 0 amide bonds. The predicted molar refractivity (Wildman–Crippen MR) is 225 cm³/mol. The van der Waals surface area contributed by atoms with E-state index < -0.39 is 23.5 Å². The number of aryl methyl sites for hydroxylation is 1. The summed E-state index contributed by atoms with van der Waals surface area (Å²) in [5, 5.41) is 13.1. The second-order valence-corrected chi connectivity index (χ2v) is 17.9. The third-order valence-corrected chi connectivity index (χ3v) is 13.2. The Morgan fingerprint density at radius 2 is 1.64 bits per heavy atom. The third-order valence-electron chi connectivity index (χ3n) is 13.2. The first kappa shape index (κ1) is 42.0. The molecule has 3 heterocycles. The number of fused-ring (bicyclic) bond motifs is 1. The Bertz CT molecular complexity index is 2170. The van der Waals surface area contributed by atoms with Gasteiger partial charge in [0.15, 0.2) is 5.65 Å². The van der Waals surface area contributed by atoms with Crippen molar-refractivity contribution >= 4 is 22.4 Å². The van der Waals surface area contributed by atoms with Gasteiger partial charge in [0.25, 0.3) is 5.56 Å². The van der Waals surface area contributed by atoms with Crippen molar-refractivity contribution in [2.75, 3.05) is 31.5 Å². The van der Waals surface area contributed by atoms with Crippen molar-refractivity contribution in [1.82, 2.24) is 19.4 Å². The topological polar surface area (TPSA) is 86.9 Å². The highest BCUT2D eigenvalue weighted by Gasteiger charge is 2.44. The molecule has 2 saturated carbocycles. The van der Waals surface area contributed by atoms with E-state index in [2.05, 4.69) is 24.1 Å². The lowest BCUT2D eigenvalue weighted by Gasteiger charge is -2.32. The zero-order valence-electron chi connectivity index (χ0n) is 34.9. The van der Waals surface area contributed by atoms with Crippen LogP contribution in [0.4, 0.5) is 23.2 Å². The fraction of sp³-hybridized carbons (Fsp3) is 0.574. The van der Waals surface area contributed by atoms with Gasteiger partial charge in [-0.25, -0.2) is 27.5 Å². The molecule has 3 fully saturated rings. The lowest BCUT2D eigenvalue weighted by molar-refractivity contribution is -0.0384. The Balaban J connectivity index is 1.41. The number of nitrogens with zero attached hydrogens (tertiary/aromatic N) is 4. The van der Waals surface area contributed by atoms with E-state index in [1.54, 1.807) is 4.57 Å². The van der Waals surface area contributed by atoms with E-state index in [1.165, 1.54) is 37.8 Å². The van der Waals surface area contributed by atoms with Crippen LogP contribution in [0.2, 0.25) is 0 Å². The van der Waals surface area contributed by atoms with Crippen LogP contribution in [0.5, 0.6) is 0 Å². The molecule has 0 radical (unpaired) electrons. The number of hydrogen-bond acceptors (Lipinski definition) is 6. The number of nitrogens with one attached hydrogen (secondary N) is 2. The summed E-state index contributed by atoms with van der Waals surface area (Å²) < 4.78 is 59.7. The predicted octanol–water partition coefficient (Wildman–Crippen LogP) is 11.1. The largest absolute Gasteiger partial charge is 0.383 e. The highest BCUT2D eigenvalue weighted by molar-refractivity contribution is 6.01. The summed E-state index contributed by atoms with van der Waals surface area (Å²) in [5.74, 6) is -4.48. The van der Waals surface area contributed by atoms with Crippen LogP contribution in [0.25, 0.3) is 16.7 Å². The van der Waals surface area contributed by atoms with Crippen molar-refractivity contribution in [3.05, 3.63) is 92.2 Å². The minimum absolute atomic E-state index is 0.125. The van der Waals surface area contributed by atoms with E-state index in [1.807, 2.05) is 39.0 Å². The van der Waals surface area contributed by atoms with Crippen LogP contribution in [0.1, 0.15) is 144 Å². The maximum absolute atomic E-state index is 15.5. The quantitative estimate of drug-likeness (QED) is 0.0924. The van der Waals surface area contributed by atoms with Gasteiger partial charge in [0.05, 0.1) is 11.4 Å². The second-order valence-electron chi connectivity index (χ2n) is 17.9. The molecular weight excluding hydrogens is 741 g/mol. The molecule has 1 unspecified atom stereocenters. The number of rotatable bonds is 15. The molecular formula is C47H60F4N6O. The molecule has 7 rings (SSSR count). The first-order valence-corrected chi connectivity index (χ1v) is 21.7. The van der Waals surface area contributed by atoms with Crippen LogP contribution in [0.3, 0.4) is 0 Å². The number of likely N-dealkylation sites (tertiary alicyclic amines) is 1. The normalized spacial score (nSPS) is 18.6. The SMILES string of the molecule is CCCC(=N)c1c(CCC)ccc(-n2c(C(Cc3cc(F)cc(F)c3)C(C)C)nc3nc(C4CCC(F)(F)CC4)cc(NCCN4CCC5(CC4)CC5)c3c2=O)c1C. The highest BCUT2D eigenvalue weighted by atomic mass is 19.3. The van der Waals surface area contributed by atoms with E-state index in [-0.39, 0.29) is 55.1 Å². The molecule has 2 aromatic heterocycles. The zero-order chi connectivity index (χ0) is 41.4. The van der Waals surface area contributed by atoms with Crippen LogP contribution in [0.15, 0.2) is 41.2 Å². The van der Waals surface area contributed by atoms with Crippen LogP contribution >= 0.6 is 0 Å². The van der Waals surface area contributed by atoms with Gasteiger partial charge in [0.2, 0.25) is 5.92 Å². The average Bonchev–Trinajstić information content (AvgIpc) is 3.93. The van der Waals surface area contributed by atoms with Gasteiger partial charge in [-0.3, -0.25) is 9.36 Å². The molecule has 2 N–H and O–H groups in total. The number of hydrogen-bond donors (Lipinski definition) is 2. The Kier molecular flexibility index (Phi) is 12.5. The Hall–Kier alpha value is -4.12. The lowest BCUT2D eigenvalue weighted by atomic mass is 9.84. The van der Waals surface area contributed by atoms with Crippen molar-refractivity contribution in [2.24, 2.45) is 11.3 Å². The van der Waals surface area contributed by atoms with Crippen LogP contribution in [0, 0.1) is 35.3 Å². The monoisotopic (exact) mass is 800 g/mol.